The molecule has 2 atom stereocenters. The molecule has 2 aliphatic rings. The molecule has 37 heavy (non-hydrogen) atoms. The number of nitrogens with one attached hydrogen (secondary N) is 1. The molecule has 6 rings (SSSR count). The Labute approximate surface area is 214 Å². The second-order valence-electron chi connectivity index (χ2n) is 9.90. The maximum atomic E-state index is 14.2. The summed E-state index contributed by atoms with van der Waals surface area (Å²) in [6.07, 6.45) is 0.338. The van der Waals surface area contributed by atoms with E-state index in [-0.39, 0.29) is 36.6 Å². The summed E-state index contributed by atoms with van der Waals surface area (Å²) in [7, 11) is 1.64. The molecule has 3 heterocycles. The number of benzene rings is 3. The lowest BCUT2D eigenvalue weighted by Crippen LogP contribution is -2.67. The van der Waals surface area contributed by atoms with Crippen LogP contribution in [0.1, 0.15) is 35.2 Å². The molecule has 188 valence electrons. The summed E-state index contributed by atoms with van der Waals surface area (Å²) in [4.78, 5) is 34.6. The second kappa shape index (κ2) is 8.76. The zero-order valence-electron chi connectivity index (χ0n) is 20.8. The van der Waals surface area contributed by atoms with Gasteiger partial charge in [0.15, 0.2) is 5.54 Å². The summed E-state index contributed by atoms with van der Waals surface area (Å²) in [5.41, 5.74) is 2.96. The maximum absolute atomic E-state index is 14.2. The highest BCUT2D eigenvalue weighted by Crippen LogP contribution is 2.49. The van der Waals surface area contributed by atoms with Gasteiger partial charge in [-0.05, 0) is 42.7 Å². The fraction of sp³-hybridized carbons (Fsp3) is 0.267. The van der Waals surface area contributed by atoms with Crippen molar-refractivity contribution in [1.29, 1.82) is 0 Å². The number of rotatable bonds is 5. The smallest absolute Gasteiger partial charge is 0.254 e. The summed E-state index contributed by atoms with van der Waals surface area (Å²) < 4.78 is 19.9. The highest BCUT2D eigenvalue weighted by Gasteiger charge is 2.56. The molecule has 1 unspecified atom stereocenters. The minimum absolute atomic E-state index is 0.0307. The van der Waals surface area contributed by atoms with Crippen LogP contribution in [-0.4, -0.2) is 53.3 Å². The van der Waals surface area contributed by atoms with E-state index in [1.165, 1.54) is 6.07 Å². The number of ether oxygens (including phenoxy) is 1. The summed E-state index contributed by atoms with van der Waals surface area (Å²) in [5.74, 6) is -0.0115. The third-order valence-electron chi connectivity index (χ3n) is 7.94. The van der Waals surface area contributed by atoms with Gasteiger partial charge in [0.05, 0.1) is 19.3 Å². The number of H-pyrrole nitrogens is 1. The van der Waals surface area contributed by atoms with Crippen molar-refractivity contribution in [2.75, 3.05) is 26.7 Å². The van der Waals surface area contributed by atoms with Gasteiger partial charge in [-0.15, -0.1) is 0 Å². The number of aromatic nitrogens is 1. The van der Waals surface area contributed by atoms with Crippen molar-refractivity contribution >= 4 is 22.7 Å². The molecule has 0 bridgehead atoms. The van der Waals surface area contributed by atoms with Gasteiger partial charge in [-0.1, -0.05) is 54.6 Å². The number of carbonyl (C=O) groups excluding carboxylic acids is 2. The van der Waals surface area contributed by atoms with Crippen LogP contribution in [0.25, 0.3) is 10.9 Å². The average molecular weight is 498 g/mol. The van der Waals surface area contributed by atoms with Crippen LogP contribution in [-0.2, 0) is 21.5 Å². The Hall–Kier alpha value is -4.13. The van der Waals surface area contributed by atoms with Crippen molar-refractivity contribution in [2.24, 2.45) is 0 Å². The van der Waals surface area contributed by atoms with E-state index in [1.807, 2.05) is 49.4 Å². The highest BCUT2D eigenvalue weighted by molar-refractivity contribution is 6.01. The van der Waals surface area contributed by atoms with Crippen LogP contribution in [0.5, 0.6) is 5.75 Å². The minimum atomic E-state index is -1.20. The van der Waals surface area contributed by atoms with Crippen LogP contribution in [0, 0.1) is 5.82 Å². The van der Waals surface area contributed by atoms with Crippen LogP contribution >= 0.6 is 0 Å². The largest absolute Gasteiger partial charge is 0.496 e. The molecule has 1 aromatic heterocycles. The number of piperazine rings is 1. The predicted molar refractivity (Wildman–Crippen MR) is 139 cm³/mol. The zero-order chi connectivity index (χ0) is 25.7. The minimum Gasteiger partial charge on any atom is -0.496 e. The molecule has 2 aliphatic heterocycles. The molecule has 1 saturated heterocycles. The van der Waals surface area contributed by atoms with Gasteiger partial charge in [-0.3, -0.25) is 9.59 Å². The fourth-order valence-corrected chi connectivity index (χ4v) is 6.05. The monoisotopic (exact) mass is 497 g/mol. The van der Waals surface area contributed by atoms with Gasteiger partial charge in [-0.25, -0.2) is 4.39 Å². The predicted octanol–water partition coefficient (Wildman–Crippen LogP) is 4.59. The van der Waals surface area contributed by atoms with Crippen molar-refractivity contribution in [3.8, 4) is 5.75 Å². The van der Waals surface area contributed by atoms with Crippen molar-refractivity contribution in [2.45, 2.75) is 24.8 Å². The van der Waals surface area contributed by atoms with E-state index in [9.17, 15) is 14.0 Å². The first kappa shape index (κ1) is 23.3. The van der Waals surface area contributed by atoms with E-state index in [0.29, 0.717) is 18.5 Å². The Balaban J connectivity index is 1.46. The molecule has 1 fully saturated rings. The van der Waals surface area contributed by atoms with Gasteiger partial charge in [-0.2, -0.15) is 0 Å². The molecule has 0 aliphatic carbocycles. The number of amides is 2. The SMILES string of the molecule is COc1ccccc1C1CN2C(=O)CN(CCc3ccccc3F)C(=O)[C@]2(C)c2[nH]c3ccccc3c21. The Morgan fingerprint density at radius 1 is 1.03 bits per heavy atom. The average Bonchev–Trinajstić information content (AvgIpc) is 3.32. The Kier molecular flexibility index (Phi) is 5.51. The standard InChI is InChI=1S/C30H28FN3O3/c1-30-28-27(21-11-4-7-13-24(21)32-28)22(20-10-5-8-14-25(20)37-2)17-34(30)26(35)18-33(29(30)36)16-15-19-9-3-6-12-23(19)31/h3-14,22,32H,15-18H2,1-2H3/t22?,30-/m0/s1. The number of aromatic amines is 1. The zero-order valence-corrected chi connectivity index (χ0v) is 20.8. The van der Waals surface area contributed by atoms with E-state index in [4.69, 9.17) is 4.74 Å². The fourth-order valence-electron chi connectivity index (χ4n) is 6.05. The van der Waals surface area contributed by atoms with Crippen LogP contribution in [0.2, 0.25) is 0 Å². The van der Waals surface area contributed by atoms with Crippen LogP contribution in [0.3, 0.4) is 0 Å². The molecule has 4 aromatic rings. The molecule has 1 N–H and O–H groups in total. The molecule has 0 spiro atoms. The summed E-state index contributed by atoms with van der Waals surface area (Å²) in [6, 6.07) is 22.4. The number of carbonyl (C=O) groups is 2. The van der Waals surface area contributed by atoms with Crippen LogP contribution < -0.4 is 4.74 Å². The van der Waals surface area contributed by atoms with E-state index in [2.05, 4.69) is 11.1 Å². The molecular formula is C30H28FN3O3. The highest BCUT2D eigenvalue weighted by atomic mass is 19.1. The molecule has 6 nitrogen and oxygen atoms in total. The number of para-hydroxylation sites is 2. The first-order chi connectivity index (χ1) is 17.9. The Morgan fingerprint density at radius 2 is 1.76 bits per heavy atom. The van der Waals surface area contributed by atoms with E-state index in [0.717, 1.165) is 33.5 Å². The first-order valence-corrected chi connectivity index (χ1v) is 12.5. The van der Waals surface area contributed by atoms with Crippen molar-refractivity contribution < 1.29 is 18.7 Å². The van der Waals surface area contributed by atoms with Gasteiger partial charge in [0.25, 0.3) is 5.91 Å². The van der Waals surface area contributed by atoms with Gasteiger partial charge in [0, 0.05) is 35.5 Å². The Bertz CT molecular complexity index is 1530. The number of halogens is 1. The molecule has 7 heteroatoms. The van der Waals surface area contributed by atoms with E-state index in [1.54, 1.807) is 35.1 Å². The number of nitrogens with zero attached hydrogens (tertiary/aromatic N) is 2. The molecule has 3 aromatic carbocycles. The molecule has 0 saturated carbocycles. The lowest BCUT2D eigenvalue weighted by atomic mass is 9.76. The van der Waals surface area contributed by atoms with Crippen LogP contribution in [0.4, 0.5) is 4.39 Å². The molecular weight excluding hydrogens is 469 g/mol. The lowest BCUT2D eigenvalue weighted by Gasteiger charge is -2.51. The number of hydrogen-bond donors (Lipinski definition) is 1. The van der Waals surface area contributed by atoms with Gasteiger partial charge in [0.2, 0.25) is 5.91 Å². The van der Waals surface area contributed by atoms with Gasteiger partial charge in [0.1, 0.15) is 11.6 Å². The molecule has 0 radical (unpaired) electrons. The third-order valence-corrected chi connectivity index (χ3v) is 7.94. The van der Waals surface area contributed by atoms with Crippen molar-refractivity contribution in [3.63, 3.8) is 0 Å². The van der Waals surface area contributed by atoms with Gasteiger partial charge < -0.3 is 19.5 Å². The number of methoxy groups -OCH3 is 1. The normalized spacial score (nSPS) is 21.2. The maximum Gasteiger partial charge on any atom is 0.254 e. The Morgan fingerprint density at radius 3 is 2.57 bits per heavy atom. The topological polar surface area (TPSA) is 65.6 Å². The van der Waals surface area contributed by atoms with Gasteiger partial charge >= 0.3 is 0 Å². The third kappa shape index (κ3) is 3.52. The summed E-state index contributed by atoms with van der Waals surface area (Å²) in [6.45, 7) is 2.42. The lowest BCUT2D eigenvalue weighted by molar-refractivity contribution is -0.166. The summed E-state index contributed by atoms with van der Waals surface area (Å²) >= 11 is 0. The van der Waals surface area contributed by atoms with E-state index >= 15 is 0 Å². The quantitative estimate of drug-likeness (QED) is 0.439. The number of fused-ring (bicyclic) bond motifs is 5. The van der Waals surface area contributed by atoms with Crippen molar-refractivity contribution in [1.82, 2.24) is 14.8 Å². The number of hydrogen-bond acceptors (Lipinski definition) is 3. The van der Waals surface area contributed by atoms with Crippen molar-refractivity contribution in [3.05, 3.63) is 101 Å². The van der Waals surface area contributed by atoms with E-state index < -0.39 is 5.54 Å². The van der Waals surface area contributed by atoms with Crippen LogP contribution in [0.15, 0.2) is 72.8 Å². The summed E-state index contributed by atoms with van der Waals surface area (Å²) in [5, 5.41) is 1.03. The molecule has 2 amide bonds. The second-order valence-corrected chi connectivity index (χ2v) is 9.90. The first-order valence-electron chi connectivity index (χ1n) is 12.5.